The second-order valence-electron chi connectivity index (χ2n) is 3.63. The number of hydrogen-bond acceptors (Lipinski definition) is 7. The van der Waals surface area contributed by atoms with Crippen LogP contribution >= 0.6 is 0 Å². The van der Waals surface area contributed by atoms with Crippen LogP contribution in [-0.2, 0) is 6.54 Å². The van der Waals surface area contributed by atoms with Crippen LogP contribution in [0.2, 0.25) is 0 Å². The van der Waals surface area contributed by atoms with Gasteiger partial charge in [0.1, 0.15) is 5.75 Å². The molecule has 7 nitrogen and oxygen atoms in total. The van der Waals surface area contributed by atoms with Crippen LogP contribution in [0.15, 0.2) is 16.7 Å². The lowest BCUT2D eigenvalue weighted by Gasteiger charge is -2.11. The largest absolute Gasteiger partial charge is 0.496 e. The molecule has 102 valence electrons. The van der Waals surface area contributed by atoms with Crippen LogP contribution in [0, 0.1) is 0 Å². The van der Waals surface area contributed by atoms with Crippen molar-refractivity contribution in [2.75, 3.05) is 21.3 Å². The highest BCUT2D eigenvalue weighted by atomic mass is 16.5. The first-order valence-corrected chi connectivity index (χ1v) is 5.56. The Morgan fingerprint density at radius 1 is 1.05 bits per heavy atom. The van der Waals surface area contributed by atoms with E-state index in [9.17, 15) is 0 Å². The average molecular weight is 265 g/mol. The van der Waals surface area contributed by atoms with E-state index in [4.69, 9.17) is 24.5 Å². The second-order valence-corrected chi connectivity index (χ2v) is 3.63. The van der Waals surface area contributed by atoms with E-state index < -0.39 is 0 Å². The number of aromatic nitrogens is 2. The minimum atomic E-state index is 0.207. The van der Waals surface area contributed by atoms with Crippen molar-refractivity contribution in [2.24, 2.45) is 5.73 Å². The van der Waals surface area contributed by atoms with Crippen molar-refractivity contribution < 1.29 is 18.7 Å². The molecule has 0 aliphatic heterocycles. The van der Waals surface area contributed by atoms with E-state index in [-0.39, 0.29) is 6.54 Å². The van der Waals surface area contributed by atoms with Crippen molar-refractivity contribution in [3.05, 3.63) is 18.0 Å². The molecule has 2 N–H and O–H groups in total. The quantitative estimate of drug-likeness (QED) is 0.868. The Morgan fingerprint density at radius 3 is 2.21 bits per heavy atom. The van der Waals surface area contributed by atoms with E-state index in [0.717, 1.165) is 0 Å². The Hall–Kier alpha value is -2.28. The van der Waals surface area contributed by atoms with Crippen LogP contribution in [0.5, 0.6) is 17.2 Å². The van der Waals surface area contributed by atoms with E-state index in [0.29, 0.717) is 34.5 Å². The summed E-state index contributed by atoms with van der Waals surface area (Å²) in [6.45, 7) is 0.207. The Kier molecular flexibility index (Phi) is 3.86. The highest BCUT2D eigenvalue weighted by molar-refractivity contribution is 5.68. The van der Waals surface area contributed by atoms with E-state index in [1.807, 2.05) is 0 Å². The van der Waals surface area contributed by atoms with Crippen molar-refractivity contribution in [2.45, 2.75) is 6.54 Å². The predicted molar refractivity (Wildman–Crippen MR) is 67.3 cm³/mol. The molecule has 0 spiro atoms. The zero-order valence-corrected chi connectivity index (χ0v) is 11.0. The lowest BCUT2D eigenvalue weighted by molar-refractivity contribution is 0.348. The maximum Gasteiger partial charge on any atom is 0.261 e. The van der Waals surface area contributed by atoms with Gasteiger partial charge in [-0.25, -0.2) is 0 Å². The zero-order valence-electron chi connectivity index (χ0n) is 11.0. The van der Waals surface area contributed by atoms with Crippen LogP contribution < -0.4 is 19.9 Å². The number of nitrogens with zero attached hydrogens (tertiary/aromatic N) is 2. The third-order valence-electron chi connectivity index (χ3n) is 2.59. The van der Waals surface area contributed by atoms with Crippen molar-refractivity contribution in [3.8, 4) is 28.7 Å². The first-order valence-electron chi connectivity index (χ1n) is 5.56. The van der Waals surface area contributed by atoms with E-state index in [1.165, 1.54) is 0 Å². The number of methoxy groups -OCH3 is 3. The molecule has 1 aromatic carbocycles. The highest BCUT2D eigenvalue weighted by Gasteiger charge is 2.18. The molecular formula is C12H15N3O4. The fourth-order valence-corrected chi connectivity index (χ4v) is 1.64. The standard InChI is InChI=1S/C12H15N3O4/c1-16-8-5-10(18-3)9(17-2)4-7(8)12-14-11(6-13)15-19-12/h4-5H,6,13H2,1-3H3. The summed E-state index contributed by atoms with van der Waals surface area (Å²) in [7, 11) is 4.65. The molecule has 0 unspecified atom stereocenters. The molecule has 0 aliphatic rings. The van der Waals surface area contributed by atoms with E-state index in [1.54, 1.807) is 33.5 Å². The lowest BCUT2D eigenvalue weighted by atomic mass is 10.1. The fourth-order valence-electron chi connectivity index (χ4n) is 1.64. The molecule has 7 heteroatoms. The first-order chi connectivity index (χ1) is 9.23. The van der Waals surface area contributed by atoms with Crippen LogP contribution in [0.4, 0.5) is 0 Å². The van der Waals surface area contributed by atoms with Gasteiger partial charge >= 0.3 is 0 Å². The molecule has 19 heavy (non-hydrogen) atoms. The molecule has 0 amide bonds. The summed E-state index contributed by atoms with van der Waals surface area (Å²) >= 11 is 0. The van der Waals surface area contributed by atoms with Gasteiger partial charge < -0.3 is 24.5 Å². The van der Waals surface area contributed by atoms with E-state index >= 15 is 0 Å². The topological polar surface area (TPSA) is 92.6 Å². The summed E-state index contributed by atoms with van der Waals surface area (Å²) in [5.41, 5.74) is 6.07. The van der Waals surface area contributed by atoms with Gasteiger partial charge in [0.15, 0.2) is 17.3 Å². The molecule has 2 rings (SSSR count). The Morgan fingerprint density at radius 2 is 1.68 bits per heavy atom. The molecule has 0 bridgehead atoms. The molecule has 2 aromatic rings. The summed E-state index contributed by atoms with van der Waals surface area (Å²) in [6.07, 6.45) is 0. The average Bonchev–Trinajstić information content (AvgIpc) is 2.94. The van der Waals surface area contributed by atoms with Gasteiger partial charge in [-0.1, -0.05) is 5.16 Å². The molecule has 0 atom stereocenters. The number of hydrogen-bond donors (Lipinski definition) is 1. The van der Waals surface area contributed by atoms with Crippen LogP contribution in [0.3, 0.4) is 0 Å². The maximum absolute atomic E-state index is 5.45. The highest BCUT2D eigenvalue weighted by Crippen LogP contribution is 2.39. The van der Waals surface area contributed by atoms with Gasteiger partial charge in [0.25, 0.3) is 5.89 Å². The smallest absolute Gasteiger partial charge is 0.261 e. The van der Waals surface area contributed by atoms with Gasteiger partial charge in [-0.05, 0) is 0 Å². The predicted octanol–water partition coefficient (Wildman–Crippen LogP) is 1.22. The SMILES string of the molecule is COc1cc(OC)c(-c2nc(CN)no2)cc1OC. The van der Waals surface area contributed by atoms with Gasteiger partial charge in [-0.3, -0.25) is 0 Å². The van der Waals surface area contributed by atoms with Gasteiger partial charge in [-0.2, -0.15) is 4.98 Å². The lowest BCUT2D eigenvalue weighted by Crippen LogP contribution is -1.98. The molecule has 1 heterocycles. The van der Waals surface area contributed by atoms with Crippen molar-refractivity contribution in [3.63, 3.8) is 0 Å². The van der Waals surface area contributed by atoms with Gasteiger partial charge in [0.2, 0.25) is 0 Å². The van der Waals surface area contributed by atoms with Crippen molar-refractivity contribution in [1.82, 2.24) is 10.1 Å². The third kappa shape index (κ3) is 2.45. The number of rotatable bonds is 5. The molecule has 1 aromatic heterocycles. The fraction of sp³-hybridized carbons (Fsp3) is 0.333. The molecule has 0 fully saturated rings. The monoisotopic (exact) mass is 265 g/mol. The van der Waals surface area contributed by atoms with Gasteiger partial charge in [-0.15, -0.1) is 0 Å². The van der Waals surface area contributed by atoms with Crippen molar-refractivity contribution >= 4 is 0 Å². The minimum absolute atomic E-state index is 0.207. The Balaban J connectivity index is 2.54. The minimum Gasteiger partial charge on any atom is -0.496 e. The summed E-state index contributed by atoms with van der Waals surface area (Å²) in [4.78, 5) is 4.16. The Bertz CT molecular complexity index is 568. The Labute approximate surface area is 110 Å². The molecular weight excluding hydrogens is 250 g/mol. The molecule has 0 saturated carbocycles. The first kappa shape index (κ1) is 13.2. The summed E-state index contributed by atoms with van der Waals surface area (Å²) in [5.74, 6) is 2.39. The van der Waals surface area contributed by atoms with E-state index in [2.05, 4.69) is 10.1 Å². The molecule has 0 saturated heterocycles. The van der Waals surface area contributed by atoms with Crippen LogP contribution in [0.25, 0.3) is 11.5 Å². The normalized spacial score (nSPS) is 10.3. The number of nitrogens with two attached hydrogens (primary N) is 1. The van der Waals surface area contributed by atoms with Crippen LogP contribution in [-0.4, -0.2) is 31.5 Å². The van der Waals surface area contributed by atoms with Crippen LogP contribution in [0.1, 0.15) is 5.82 Å². The number of ether oxygens (including phenoxy) is 3. The zero-order chi connectivity index (χ0) is 13.8. The van der Waals surface area contributed by atoms with Gasteiger partial charge in [0, 0.05) is 12.1 Å². The van der Waals surface area contributed by atoms with Crippen molar-refractivity contribution in [1.29, 1.82) is 0 Å². The molecule has 0 radical (unpaired) electrons. The third-order valence-corrected chi connectivity index (χ3v) is 2.59. The molecule has 0 aliphatic carbocycles. The summed E-state index contributed by atoms with van der Waals surface area (Å²) in [5, 5.41) is 3.75. The second kappa shape index (κ2) is 5.57. The summed E-state index contributed by atoms with van der Waals surface area (Å²) in [6, 6.07) is 3.41. The maximum atomic E-state index is 5.45. The number of benzene rings is 1. The van der Waals surface area contributed by atoms with Gasteiger partial charge in [0.05, 0.1) is 33.4 Å². The summed E-state index contributed by atoms with van der Waals surface area (Å²) < 4.78 is 20.9.